The van der Waals surface area contributed by atoms with Crippen molar-refractivity contribution in [2.24, 2.45) is 5.73 Å². The van der Waals surface area contributed by atoms with Gasteiger partial charge in [-0.2, -0.15) is 5.26 Å². The summed E-state index contributed by atoms with van der Waals surface area (Å²) in [4.78, 5) is 12.2. The zero-order valence-electron chi connectivity index (χ0n) is 16.5. The molecule has 2 N–H and O–H groups in total. The molecule has 0 aliphatic carbocycles. The van der Waals surface area contributed by atoms with E-state index in [1.54, 1.807) is 42.5 Å². The molecule has 3 aromatic carbocycles. The zero-order valence-corrected chi connectivity index (χ0v) is 18.9. The smallest absolute Gasteiger partial charge is 0.349 e. The van der Waals surface area contributed by atoms with Crippen LogP contribution in [-0.2, 0) is 4.79 Å². The highest BCUT2D eigenvalue weighted by Crippen LogP contribution is 2.43. The summed E-state index contributed by atoms with van der Waals surface area (Å²) in [5.41, 5.74) is 7.88. The summed E-state index contributed by atoms with van der Waals surface area (Å²) in [7, 11) is 0. The number of rotatable bonds is 5. The van der Waals surface area contributed by atoms with E-state index in [1.807, 2.05) is 24.3 Å². The van der Waals surface area contributed by atoms with Gasteiger partial charge in [0.15, 0.2) is 6.61 Å². The Labute approximate surface area is 197 Å². The Morgan fingerprint density at radius 3 is 2.47 bits per heavy atom. The number of nitriles is 1. The van der Waals surface area contributed by atoms with E-state index in [0.717, 1.165) is 15.6 Å². The van der Waals surface area contributed by atoms with Gasteiger partial charge in [-0.3, -0.25) is 0 Å². The van der Waals surface area contributed by atoms with Crippen molar-refractivity contribution in [3.05, 3.63) is 98.8 Å². The lowest BCUT2D eigenvalue weighted by atomic mass is 9.83. The molecule has 1 heterocycles. The van der Waals surface area contributed by atoms with Crippen molar-refractivity contribution >= 4 is 33.5 Å². The molecule has 6 nitrogen and oxygen atoms in total. The lowest BCUT2D eigenvalue weighted by molar-refractivity contribution is -0.136. The molecule has 0 spiro atoms. The number of carbonyl (C=O) groups excluding carboxylic acids is 1. The summed E-state index contributed by atoms with van der Waals surface area (Å²) in [6, 6.07) is 21.3. The normalized spacial score (nSPS) is 14.7. The molecule has 0 aromatic heterocycles. The van der Waals surface area contributed by atoms with Gasteiger partial charge in [0.05, 0.1) is 5.92 Å². The maximum atomic E-state index is 12.2. The van der Waals surface area contributed by atoms with Gasteiger partial charge in [0.25, 0.3) is 0 Å². The molecule has 8 heteroatoms. The molecule has 1 atom stereocenters. The van der Waals surface area contributed by atoms with E-state index in [0.29, 0.717) is 22.1 Å². The number of carbonyl (C=O) groups is 1. The molecule has 3 aromatic rings. The minimum atomic E-state index is -0.570. The summed E-state index contributed by atoms with van der Waals surface area (Å²) >= 11 is 9.34. The van der Waals surface area contributed by atoms with Crippen molar-refractivity contribution < 1.29 is 19.0 Å². The SMILES string of the molecule is N#CC1=C(N)Oc2cc(OC(=O)COc3ccc(Br)cc3)ccc2C1c1ccc(Cl)cc1. The number of fused-ring (bicyclic) bond motifs is 1. The van der Waals surface area contributed by atoms with Gasteiger partial charge in [0.2, 0.25) is 5.88 Å². The van der Waals surface area contributed by atoms with E-state index in [1.165, 1.54) is 0 Å². The van der Waals surface area contributed by atoms with Gasteiger partial charge in [0, 0.05) is 21.1 Å². The first-order valence-electron chi connectivity index (χ1n) is 9.50. The Hall–Kier alpha value is -3.47. The standard InChI is InChI=1S/C24H16BrClN2O4/c25-15-3-7-17(8-4-15)30-13-22(29)31-18-9-10-19-21(11-18)32-24(28)20(12-27)23(19)14-1-5-16(26)6-2-14/h1-11,23H,13,28H2. The van der Waals surface area contributed by atoms with E-state index < -0.39 is 11.9 Å². The molecule has 1 unspecified atom stereocenters. The predicted molar refractivity (Wildman–Crippen MR) is 122 cm³/mol. The molecule has 0 saturated heterocycles. The van der Waals surface area contributed by atoms with Gasteiger partial charge in [0.1, 0.15) is 28.9 Å². The fourth-order valence-corrected chi connectivity index (χ4v) is 3.72. The van der Waals surface area contributed by atoms with E-state index in [9.17, 15) is 10.1 Å². The topological polar surface area (TPSA) is 94.6 Å². The summed E-state index contributed by atoms with van der Waals surface area (Å²) in [5.74, 6) is 0.233. The summed E-state index contributed by atoms with van der Waals surface area (Å²) in [6.45, 7) is -0.256. The largest absolute Gasteiger partial charge is 0.482 e. The average Bonchev–Trinajstić information content (AvgIpc) is 2.78. The summed E-state index contributed by atoms with van der Waals surface area (Å²) in [6.07, 6.45) is 0. The Morgan fingerprint density at radius 1 is 1.09 bits per heavy atom. The number of nitrogens with two attached hydrogens (primary N) is 1. The van der Waals surface area contributed by atoms with Crippen molar-refractivity contribution in [3.63, 3.8) is 0 Å². The fraction of sp³-hybridized carbons (Fsp3) is 0.0833. The van der Waals surface area contributed by atoms with Crippen LogP contribution < -0.4 is 19.9 Å². The first-order chi connectivity index (χ1) is 15.4. The molecule has 0 radical (unpaired) electrons. The summed E-state index contributed by atoms with van der Waals surface area (Å²) < 4.78 is 17.4. The van der Waals surface area contributed by atoms with E-state index in [2.05, 4.69) is 22.0 Å². The van der Waals surface area contributed by atoms with Crippen LogP contribution in [0.15, 0.2) is 82.7 Å². The molecule has 0 amide bonds. The number of hydrogen-bond donors (Lipinski definition) is 1. The van der Waals surface area contributed by atoms with Crippen molar-refractivity contribution in [1.82, 2.24) is 0 Å². The molecular formula is C24H16BrClN2O4. The average molecular weight is 512 g/mol. The third kappa shape index (κ3) is 4.72. The van der Waals surface area contributed by atoms with Crippen LogP contribution in [0.4, 0.5) is 0 Å². The van der Waals surface area contributed by atoms with E-state index >= 15 is 0 Å². The number of ether oxygens (including phenoxy) is 3. The van der Waals surface area contributed by atoms with Gasteiger partial charge >= 0.3 is 5.97 Å². The van der Waals surface area contributed by atoms with Crippen molar-refractivity contribution in [2.75, 3.05) is 6.61 Å². The second kappa shape index (κ2) is 9.35. The number of benzene rings is 3. The van der Waals surface area contributed by atoms with Crippen molar-refractivity contribution in [3.8, 4) is 23.3 Å². The molecule has 4 rings (SSSR count). The second-order valence-electron chi connectivity index (χ2n) is 6.89. The molecule has 0 fully saturated rings. The highest BCUT2D eigenvalue weighted by molar-refractivity contribution is 9.10. The van der Waals surface area contributed by atoms with Crippen molar-refractivity contribution in [1.29, 1.82) is 5.26 Å². The third-order valence-electron chi connectivity index (χ3n) is 4.80. The van der Waals surface area contributed by atoms with Crippen LogP contribution in [0.5, 0.6) is 17.2 Å². The molecule has 0 bridgehead atoms. The highest BCUT2D eigenvalue weighted by Gasteiger charge is 2.31. The van der Waals surface area contributed by atoms with Crippen LogP contribution in [0.2, 0.25) is 5.02 Å². The maximum Gasteiger partial charge on any atom is 0.349 e. The number of nitrogens with zero attached hydrogens (tertiary/aromatic N) is 1. The molecule has 1 aliphatic rings. The van der Waals surface area contributed by atoms with Gasteiger partial charge in [-0.1, -0.05) is 45.7 Å². The lowest BCUT2D eigenvalue weighted by Crippen LogP contribution is -2.21. The van der Waals surface area contributed by atoms with E-state index in [-0.39, 0.29) is 18.2 Å². The number of allylic oxidation sites excluding steroid dienone is 1. The molecular weight excluding hydrogens is 496 g/mol. The monoisotopic (exact) mass is 510 g/mol. The lowest BCUT2D eigenvalue weighted by Gasteiger charge is -2.26. The second-order valence-corrected chi connectivity index (χ2v) is 8.24. The highest BCUT2D eigenvalue weighted by atomic mass is 79.9. The summed E-state index contributed by atoms with van der Waals surface area (Å²) in [5, 5.41) is 10.2. The van der Waals surface area contributed by atoms with Crippen LogP contribution in [0.1, 0.15) is 17.0 Å². The Morgan fingerprint density at radius 2 is 1.78 bits per heavy atom. The van der Waals surface area contributed by atoms with Crippen LogP contribution in [0, 0.1) is 11.3 Å². The Bertz CT molecular complexity index is 1230. The Kier molecular flexibility index (Phi) is 6.35. The predicted octanol–water partition coefficient (Wildman–Crippen LogP) is 5.31. The van der Waals surface area contributed by atoms with Gasteiger partial charge in [-0.25, -0.2) is 4.79 Å². The van der Waals surface area contributed by atoms with Gasteiger partial charge in [-0.05, 0) is 48.0 Å². The first kappa shape index (κ1) is 21.8. The van der Waals surface area contributed by atoms with Crippen LogP contribution in [0.3, 0.4) is 0 Å². The quantitative estimate of drug-likeness (QED) is 0.369. The van der Waals surface area contributed by atoms with Crippen LogP contribution in [0.25, 0.3) is 0 Å². The molecule has 1 aliphatic heterocycles. The number of halogens is 2. The van der Waals surface area contributed by atoms with Gasteiger partial charge < -0.3 is 19.9 Å². The molecule has 32 heavy (non-hydrogen) atoms. The third-order valence-corrected chi connectivity index (χ3v) is 5.58. The minimum Gasteiger partial charge on any atom is -0.482 e. The number of esters is 1. The number of hydrogen-bond acceptors (Lipinski definition) is 6. The Balaban J connectivity index is 1.53. The first-order valence-corrected chi connectivity index (χ1v) is 10.7. The molecule has 160 valence electrons. The van der Waals surface area contributed by atoms with Crippen LogP contribution >= 0.6 is 27.5 Å². The fourth-order valence-electron chi connectivity index (χ4n) is 3.33. The minimum absolute atomic E-state index is 0.00185. The van der Waals surface area contributed by atoms with Gasteiger partial charge in [-0.15, -0.1) is 0 Å². The molecule has 0 saturated carbocycles. The van der Waals surface area contributed by atoms with Crippen LogP contribution in [-0.4, -0.2) is 12.6 Å². The maximum absolute atomic E-state index is 12.2. The van der Waals surface area contributed by atoms with Crippen molar-refractivity contribution in [2.45, 2.75) is 5.92 Å². The van der Waals surface area contributed by atoms with E-state index in [4.69, 9.17) is 31.5 Å². The zero-order chi connectivity index (χ0) is 22.7.